The highest BCUT2D eigenvalue weighted by molar-refractivity contribution is 5.43. The number of nitrogens with one attached hydrogen (secondary N) is 1. The van der Waals surface area contributed by atoms with Crippen LogP contribution in [-0.4, -0.2) is 41.1 Å². The molecule has 1 aromatic heterocycles. The fourth-order valence-corrected chi connectivity index (χ4v) is 3.89. The molecule has 23 heavy (non-hydrogen) atoms. The van der Waals surface area contributed by atoms with Crippen molar-refractivity contribution in [3.8, 4) is 0 Å². The first-order chi connectivity index (χ1) is 10.9. The number of rotatable bonds is 3. The molecule has 1 N–H and O–H groups in total. The third-order valence-corrected chi connectivity index (χ3v) is 5.09. The summed E-state index contributed by atoms with van der Waals surface area (Å²) in [5.74, 6) is -1.13. The van der Waals surface area contributed by atoms with Crippen molar-refractivity contribution >= 4 is 5.69 Å². The van der Waals surface area contributed by atoms with Crippen molar-refractivity contribution in [3.05, 3.63) is 12.4 Å². The van der Waals surface area contributed by atoms with Crippen molar-refractivity contribution in [1.82, 2.24) is 15.1 Å². The van der Waals surface area contributed by atoms with E-state index in [0.717, 1.165) is 38.0 Å². The van der Waals surface area contributed by atoms with E-state index in [4.69, 9.17) is 0 Å². The molecule has 0 aromatic carbocycles. The van der Waals surface area contributed by atoms with Gasteiger partial charge in [-0.15, -0.1) is 0 Å². The smallest absolute Gasteiger partial charge is 0.367 e. The number of nitrogens with zero attached hydrogens (tertiary/aromatic N) is 3. The lowest BCUT2D eigenvalue weighted by molar-refractivity contribution is -0.183. The first-order valence-corrected chi connectivity index (χ1v) is 8.48. The fourth-order valence-electron chi connectivity index (χ4n) is 3.89. The molecular formula is C16H25F3N4. The van der Waals surface area contributed by atoms with E-state index in [1.54, 1.807) is 4.68 Å². The maximum atomic E-state index is 12.9. The predicted molar refractivity (Wildman–Crippen MR) is 83.4 cm³/mol. The molecule has 0 spiro atoms. The molecule has 1 aliphatic carbocycles. The molecule has 1 aromatic rings. The van der Waals surface area contributed by atoms with Crippen molar-refractivity contribution in [1.29, 1.82) is 0 Å². The van der Waals surface area contributed by atoms with Gasteiger partial charge >= 0.3 is 6.18 Å². The summed E-state index contributed by atoms with van der Waals surface area (Å²) in [6.45, 7) is 1.83. The molecule has 0 amide bonds. The maximum Gasteiger partial charge on any atom is 0.391 e. The average molecular weight is 330 g/mol. The standard InChI is InChI=1S/C16H25F3N4/c1-22-11-15(9-20-22)23-7-3-6-14(10-23)21-13-5-2-4-12(8-13)16(17,18)19/h9,11-14,21H,2-8,10H2,1H3/t12-,13-,14+/m1/s1. The Bertz CT molecular complexity index is 514. The highest BCUT2D eigenvalue weighted by Crippen LogP contribution is 2.37. The van der Waals surface area contributed by atoms with E-state index in [1.807, 2.05) is 19.4 Å². The number of anilines is 1. The van der Waals surface area contributed by atoms with Crippen LogP contribution in [0.25, 0.3) is 0 Å². The van der Waals surface area contributed by atoms with E-state index in [9.17, 15) is 13.2 Å². The Hall–Kier alpha value is -1.24. The summed E-state index contributed by atoms with van der Waals surface area (Å²) >= 11 is 0. The summed E-state index contributed by atoms with van der Waals surface area (Å²) < 4.78 is 40.6. The molecule has 0 unspecified atom stereocenters. The van der Waals surface area contributed by atoms with Crippen LogP contribution in [0, 0.1) is 5.92 Å². The third-order valence-electron chi connectivity index (χ3n) is 5.09. The van der Waals surface area contributed by atoms with Gasteiger partial charge in [0.05, 0.1) is 17.8 Å². The van der Waals surface area contributed by atoms with E-state index in [2.05, 4.69) is 15.3 Å². The molecule has 3 atom stereocenters. The van der Waals surface area contributed by atoms with Gasteiger partial charge in [-0.1, -0.05) is 6.42 Å². The molecule has 0 bridgehead atoms. The highest BCUT2D eigenvalue weighted by atomic mass is 19.4. The molecule has 2 aliphatic rings. The summed E-state index contributed by atoms with van der Waals surface area (Å²) in [5, 5.41) is 7.70. The number of hydrogen-bond acceptors (Lipinski definition) is 3. The molecule has 4 nitrogen and oxygen atoms in total. The first-order valence-electron chi connectivity index (χ1n) is 8.48. The van der Waals surface area contributed by atoms with Crippen LogP contribution in [0.3, 0.4) is 0 Å². The van der Waals surface area contributed by atoms with Gasteiger partial charge in [0.15, 0.2) is 0 Å². The van der Waals surface area contributed by atoms with Crippen molar-refractivity contribution in [3.63, 3.8) is 0 Å². The average Bonchev–Trinajstić information content (AvgIpc) is 2.94. The minimum atomic E-state index is -4.05. The molecule has 130 valence electrons. The SMILES string of the molecule is Cn1cc(N2CCC[C@H](N[C@@H]3CCC[C@@H](C(F)(F)F)C3)C2)cn1. The van der Waals surface area contributed by atoms with Crippen LogP contribution >= 0.6 is 0 Å². The molecule has 2 heterocycles. The van der Waals surface area contributed by atoms with Gasteiger partial charge in [-0.2, -0.15) is 18.3 Å². The predicted octanol–water partition coefficient (Wildman–Crippen LogP) is 3.10. The van der Waals surface area contributed by atoms with Gasteiger partial charge in [0.1, 0.15) is 0 Å². The molecule has 0 radical (unpaired) electrons. The van der Waals surface area contributed by atoms with E-state index < -0.39 is 12.1 Å². The van der Waals surface area contributed by atoms with Crippen LogP contribution in [0.4, 0.5) is 18.9 Å². The van der Waals surface area contributed by atoms with E-state index in [-0.39, 0.29) is 24.9 Å². The van der Waals surface area contributed by atoms with Crippen molar-refractivity contribution in [2.75, 3.05) is 18.0 Å². The van der Waals surface area contributed by atoms with E-state index in [0.29, 0.717) is 6.42 Å². The minimum absolute atomic E-state index is 0.00535. The van der Waals surface area contributed by atoms with E-state index >= 15 is 0 Å². The van der Waals surface area contributed by atoms with Crippen LogP contribution in [0.5, 0.6) is 0 Å². The van der Waals surface area contributed by atoms with Gasteiger partial charge in [-0.3, -0.25) is 4.68 Å². The van der Waals surface area contributed by atoms with Gasteiger partial charge in [-0.05, 0) is 32.1 Å². The quantitative estimate of drug-likeness (QED) is 0.924. The highest BCUT2D eigenvalue weighted by Gasteiger charge is 2.42. The molecule has 7 heteroatoms. The second kappa shape index (κ2) is 6.71. The molecule has 1 aliphatic heterocycles. The van der Waals surface area contributed by atoms with Crippen LogP contribution < -0.4 is 10.2 Å². The zero-order valence-corrected chi connectivity index (χ0v) is 13.5. The Morgan fingerprint density at radius 2 is 1.96 bits per heavy atom. The number of alkyl halides is 3. The van der Waals surface area contributed by atoms with Gasteiger partial charge < -0.3 is 10.2 Å². The number of aryl methyl sites for hydroxylation is 1. The van der Waals surface area contributed by atoms with Crippen LogP contribution in [0.1, 0.15) is 38.5 Å². The van der Waals surface area contributed by atoms with Crippen LogP contribution in [-0.2, 0) is 7.05 Å². The number of hydrogen-bond donors (Lipinski definition) is 1. The molecular weight excluding hydrogens is 305 g/mol. The summed E-state index contributed by atoms with van der Waals surface area (Å²) in [5.41, 5.74) is 1.09. The number of halogens is 3. The Morgan fingerprint density at radius 3 is 2.65 bits per heavy atom. The second-order valence-electron chi connectivity index (χ2n) is 6.93. The monoisotopic (exact) mass is 330 g/mol. The summed E-state index contributed by atoms with van der Waals surface area (Å²) in [6, 6.07) is 0.259. The zero-order valence-electron chi connectivity index (χ0n) is 13.5. The molecule has 1 saturated heterocycles. The fraction of sp³-hybridized carbons (Fsp3) is 0.812. The Balaban J connectivity index is 1.55. The Labute approximate surface area is 135 Å². The van der Waals surface area contributed by atoms with E-state index in [1.165, 1.54) is 0 Å². The lowest BCUT2D eigenvalue weighted by Gasteiger charge is -2.38. The molecule has 1 saturated carbocycles. The normalized spacial score (nSPS) is 29.7. The van der Waals surface area contributed by atoms with Gasteiger partial charge in [0, 0.05) is 38.4 Å². The topological polar surface area (TPSA) is 33.1 Å². The number of piperidine rings is 1. The minimum Gasteiger partial charge on any atom is -0.367 e. The van der Waals surface area contributed by atoms with Gasteiger partial charge in [0.2, 0.25) is 0 Å². The summed E-state index contributed by atoms with van der Waals surface area (Å²) in [6.07, 6.45) is 3.92. The largest absolute Gasteiger partial charge is 0.391 e. The Kier molecular flexibility index (Phi) is 4.85. The second-order valence-corrected chi connectivity index (χ2v) is 6.93. The third kappa shape index (κ3) is 4.19. The lowest BCUT2D eigenvalue weighted by Crippen LogP contribution is -2.51. The van der Waals surface area contributed by atoms with Crippen molar-refractivity contribution < 1.29 is 13.2 Å². The van der Waals surface area contributed by atoms with Crippen molar-refractivity contribution in [2.24, 2.45) is 13.0 Å². The zero-order chi connectivity index (χ0) is 16.4. The molecule has 2 fully saturated rings. The Morgan fingerprint density at radius 1 is 1.17 bits per heavy atom. The van der Waals surface area contributed by atoms with Crippen LogP contribution in [0.15, 0.2) is 12.4 Å². The van der Waals surface area contributed by atoms with Crippen molar-refractivity contribution in [2.45, 2.75) is 56.8 Å². The van der Waals surface area contributed by atoms with Crippen LogP contribution in [0.2, 0.25) is 0 Å². The first kappa shape index (κ1) is 16.6. The summed E-state index contributed by atoms with van der Waals surface area (Å²) in [4.78, 5) is 2.28. The summed E-state index contributed by atoms with van der Waals surface area (Å²) in [7, 11) is 1.89. The maximum absolute atomic E-state index is 12.9. The number of aromatic nitrogens is 2. The lowest BCUT2D eigenvalue weighted by atomic mass is 9.84. The molecule has 3 rings (SSSR count). The van der Waals surface area contributed by atoms with Gasteiger partial charge in [0.25, 0.3) is 0 Å². The van der Waals surface area contributed by atoms with Gasteiger partial charge in [-0.25, -0.2) is 0 Å².